The second-order valence-corrected chi connectivity index (χ2v) is 17.2. The van der Waals surface area contributed by atoms with Crippen molar-refractivity contribution in [2.24, 2.45) is 5.92 Å². The van der Waals surface area contributed by atoms with Gasteiger partial charge in [0.2, 0.25) is 0 Å². The lowest BCUT2D eigenvalue weighted by molar-refractivity contribution is -0.167. The van der Waals surface area contributed by atoms with Crippen molar-refractivity contribution in [3.63, 3.8) is 0 Å². The van der Waals surface area contributed by atoms with Crippen molar-refractivity contribution in [1.29, 1.82) is 0 Å². The van der Waals surface area contributed by atoms with Crippen LogP contribution in [0, 0.1) is 5.92 Å². The fourth-order valence-electron chi connectivity index (χ4n) is 7.33. The highest BCUT2D eigenvalue weighted by molar-refractivity contribution is 5.71. The minimum Gasteiger partial charge on any atom is -0.462 e. The van der Waals surface area contributed by atoms with E-state index in [9.17, 15) is 14.4 Å². The Hall–Kier alpha value is -1.59. The van der Waals surface area contributed by atoms with Gasteiger partial charge in [0.25, 0.3) is 0 Å². The fraction of sp³-hybridized carbons (Fsp3) is 0.939. The van der Waals surface area contributed by atoms with Crippen LogP contribution in [0.2, 0.25) is 0 Å². The largest absolute Gasteiger partial charge is 0.462 e. The van der Waals surface area contributed by atoms with E-state index in [1.165, 1.54) is 161 Å². The molecule has 0 aromatic carbocycles. The quantitative estimate of drug-likeness (QED) is 0.0348. The third-order valence-electron chi connectivity index (χ3n) is 11.0. The number of rotatable bonds is 44. The smallest absolute Gasteiger partial charge is 0.306 e. The van der Waals surface area contributed by atoms with Gasteiger partial charge in [-0.3, -0.25) is 14.4 Å². The molecule has 6 nitrogen and oxygen atoms in total. The molecule has 0 saturated carbocycles. The van der Waals surface area contributed by atoms with Crippen LogP contribution >= 0.6 is 0 Å². The molecule has 0 aliphatic carbocycles. The van der Waals surface area contributed by atoms with Gasteiger partial charge in [0.1, 0.15) is 13.2 Å². The van der Waals surface area contributed by atoms with E-state index in [0.717, 1.165) is 70.1 Å². The summed E-state index contributed by atoms with van der Waals surface area (Å²) in [6, 6.07) is 0. The van der Waals surface area contributed by atoms with E-state index in [2.05, 4.69) is 27.7 Å². The predicted molar refractivity (Wildman–Crippen MR) is 233 cm³/mol. The van der Waals surface area contributed by atoms with Crippen molar-refractivity contribution in [2.75, 3.05) is 13.2 Å². The third kappa shape index (κ3) is 43.4. The summed E-state index contributed by atoms with van der Waals surface area (Å²) in [6.07, 6.45) is 44.0. The van der Waals surface area contributed by atoms with E-state index in [1.54, 1.807) is 0 Å². The molecule has 55 heavy (non-hydrogen) atoms. The van der Waals surface area contributed by atoms with E-state index in [1.807, 2.05) is 0 Å². The zero-order valence-corrected chi connectivity index (χ0v) is 37.4. The first-order valence-corrected chi connectivity index (χ1v) is 24.4. The van der Waals surface area contributed by atoms with E-state index >= 15 is 0 Å². The molecule has 0 rings (SSSR count). The summed E-state index contributed by atoms with van der Waals surface area (Å²) < 4.78 is 16.6. The van der Waals surface area contributed by atoms with Crippen LogP contribution in [0.25, 0.3) is 0 Å². The first kappa shape index (κ1) is 53.4. The van der Waals surface area contributed by atoms with Crippen LogP contribution in [0.3, 0.4) is 0 Å². The van der Waals surface area contributed by atoms with Gasteiger partial charge in [0.05, 0.1) is 0 Å². The minimum absolute atomic E-state index is 0.0641. The molecule has 0 amide bonds. The van der Waals surface area contributed by atoms with Crippen LogP contribution in [0.15, 0.2) is 0 Å². The minimum atomic E-state index is -0.758. The van der Waals surface area contributed by atoms with Crippen molar-refractivity contribution < 1.29 is 28.6 Å². The Morgan fingerprint density at radius 3 is 0.891 bits per heavy atom. The summed E-state index contributed by atoms with van der Waals surface area (Å²) in [5, 5.41) is 0. The average Bonchev–Trinajstić information content (AvgIpc) is 3.17. The second kappa shape index (κ2) is 43.5. The van der Waals surface area contributed by atoms with Crippen molar-refractivity contribution in [3.05, 3.63) is 0 Å². The zero-order chi connectivity index (χ0) is 40.3. The molecule has 0 aromatic rings. The summed E-state index contributed by atoms with van der Waals surface area (Å²) >= 11 is 0. The summed E-state index contributed by atoms with van der Waals surface area (Å²) in [7, 11) is 0. The number of hydrogen-bond donors (Lipinski definition) is 0. The Bertz CT molecular complexity index is 826. The van der Waals surface area contributed by atoms with Gasteiger partial charge in [0.15, 0.2) is 6.10 Å². The third-order valence-corrected chi connectivity index (χ3v) is 11.0. The van der Waals surface area contributed by atoms with Crippen molar-refractivity contribution in [3.8, 4) is 0 Å². The molecule has 0 unspecified atom stereocenters. The number of carbonyl (C=O) groups excluding carboxylic acids is 3. The number of hydrogen-bond acceptors (Lipinski definition) is 6. The Morgan fingerprint density at radius 2 is 0.600 bits per heavy atom. The van der Waals surface area contributed by atoms with Crippen molar-refractivity contribution >= 4 is 17.9 Å². The molecule has 6 heteroatoms. The number of carbonyl (C=O) groups is 3. The Balaban J connectivity index is 4.11. The second-order valence-electron chi connectivity index (χ2n) is 17.2. The van der Waals surface area contributed by atoms with Gasteiger partial charge in [-0.05, 0) is 25.2 Å². The molecular formula is C49H94O6. The van der Waals surface area contributed by atoms with Crippen LogP contribution in [0.1, 0.15) is 272 Å². The summed E-state index contributed by atoms with van der Waals surface area (Å²) in [5.74, 6) is -0.0111. The highest BCUT2D eigenvalue weighted by atomic mass is 16.6. The monoisotopic (exact) mass is 779 g/mol. The molecule has 0 N–H and O–H groups in total. The molecule has 0 radical (unpaired) electrons. The Morgan fingerprint density at radius 1 is 0.345 bits per heavy atom. The number of ether oxygens (including phenoxy) is 3. The molecule has 0 aromatic heterocycles. The highest BCUT2D eigenvalue weighted by Crippen LogP contribution is 2.17. The lowest BCUT2D eigenvalue weighted by Gasteiger charge is -2.18. The average molecular weight is 779 g/mol. The van der Waals surface area contributed by atoms with E-state index in [0.29, 0.717) is 19.3 Å². The van der Waals surface area contributed by atoms with E-state index in [4.69, 9.17) is 14.2 Å². The highest BCUT2D eigenvalue weighted by Gasteiger charge is 2.19. The van der Waals surface area contributed by atoms with E-state index in [-0.39, 0.29) is 31.1 Å². The maximum Gasteiger partial charge on any atom is 0.306 e. The molecule has 0 spiro atoms. The predicted octanol–water partition coefficient (Wildman–Crippen LogP) is 15.5. The van der Waals surface area contributed by atoms with Gasteiger partial charge in [-0.1, -0.05) is 233 Å². The van der Waals surface area contributed by atoms with Crippen molar-refractivity contribution in [1.82, 2.24) is 0 Å². The molecule has 0 aliphatic rings. The summed E-state index contributed by atoms with van der Waals surface area (Å²) in [4.78, 5) is 37.5. The van der Waals surface area contributed by atoms with Gasteiger partial charge in [0, 0.05) is 19.3 Å². The molecule has 0 heterocycles. The van der Waals surface area contributed by atoms with Gasteiger partial charge in [-0.15, -0.1) is 0 Å². The maximum absolute atomic E-state index is 12.7. The maximum atomic E-state index is 12.7. The fourth-order valence-corrected chi connectivity index (χ4v) is 7.33. The first-order chi connectivity index (χ1) is 26.9. The normalized spacial score (nSPS) is 11.9. The lowest BCUT2D eigenvalue weighted by atomic mass is 10.0. The van der Waals surface area contributed by atoms with Gasteiger partial charge in [-0.25, -0.2) is 0 Å². The lowest BCUT2D eigenvalue weighted by Crippen LogP contribution is -2.30. The van der Waals surface area contributed by atoms with Crippen molar-refractivity contribution in [2.45, 2.75) is 278 Å². The van der Waals surface area contributed by atoms with Crippen LogP contribution in [-0.4, -0.2) is 37.2 Å². The zero-order valence-electron chi connectivity index (χ0n) is 37.4. The number of unbranched alkanes of at least 4 members (excludes halogenated alkanes) is 31. The van der Waals surface area contributed by atoms with Crippen LogP contribution in [-0.2, 0) is 28.6 Å². The summed E-state index contributed by atoms with van der Waals surface area (Å²) in [5.41, 5.74) is 0. The molecule has 326 valence electrons. The number of esters is 3. The van der Waals surface area contributed by atoms with Gasteiger partial charge < -0.3 is 14.2 Å². The molecule has 0 saturated heterocycles. The van der Waals surface area contributed by atoms with Crippen LogP contribution in [0.4, 0.5) is 0 Å². The van der Waals surface area contributed by atoms with Gasteiger partial charge >= 0.3 is 17.9 Å². The molecule has 1 atom stereocenters. The Labute approximate surface area is 342 Å². The molecule has 0 fully saturated rings. The summed E-state index contributed by atoms with van der Waals surface area (Å²) in [6.45, 7) is 8.95. The molecule has 0 aliphatic heterocycles. The van der Waals surface area contributed by atoms with E-state index < -0.39 is 6.10 Å². The van der Waals surface area contributed by atoms with Crippen LogP contribution in [0.5, 0.6) is 0 Å². The van der Waals surface area contributed by atoms with Crippen LogP contribution < -0.4 is 0 Å². The van der Waals surface area contributed by atoms with Gasteiger partial charge in [-0.2, -0.15) is 0 Å². The topological polar surface area (TPSA) is 78.9 Å². The molecular weight excluding hydrogens is 685 g/mol. The SMILES string of the molecule is CCCCCCCCCCCCCCCC(=O)OC[C@@H](COC(=O)CCCCCCC)OC(=O)CCCCCCCCCCCCCCCCCCC(C)C. The Kier molecular flexibility index (Phi) is 42.3. The first-order valence-electron chi connectivity index (χ1n) is 24.4. The standard InChI is InChI=1S/C49H94O6/c1-5-7-9-11-12-13-14-19-23-26-29-33-37-41-48(51)54-44-46(43-53-47(50)40-36-31-10-8-6-2)55-49(52)42-38-34-30-27-24-21-18-16-15-17-20-22-25-28-32-35-39-45(3)4/h45-46H,5-44H2,1-4H3/t46-/m1/s1. The molecule has 0 bridgehead atoms.